The molecule has 1 N–H and O–H groups in total. The number of carboxylic acids is 1. The zero-order chi connectivity index (χ0) is 14.7. The predicted octanol–water partition coefficient (Wildman–Crippen LogP) is -1.86. The normalized spacial score (nSPS) is 20.1. The van der Waals surface area contributed by atoms with Crippen molar-refractivity contribution < 1.29 is 24.3 Å². The van der Waals surface area contributed by atoms with Crippen molar-refractivity contribution in [3.8, 4) is 0 Å². The maximum atomic E-state index is 11.7. The summed E-state index contributed by atoms with van der Waals surface area (Å²) in [5, 5.41) is 8.66. The Morgan fingerprint density at radius 1 is 1.10 bits per heavy atom. The molecule has 0 aromatic rings. The van der Waals surface area contributed by atoms with E-state index in [4.69, 9.17) is 5.11 Å². The van der Waals surface area contributed by atoms with E-state index in [0.717, 1.165) is 4.90 Å². The molecule has 2 aliphatic heterocycles. The average molecular weight is 281 g/mol. The van der Waals surface area contributed by atoms with Crippen LogP contribution < -0.4 is 0 Å². The molecule has 2 aliphatic rings. The molecule has 108 valence electrons. The highest BCUT2D eigenvalue weighted by Gasteiger charge is 2.27. The Balaban J connectivity index is 1.79. The first-order valence-electron chi connectivity index (χ1n) is 6.23. The number of nitrogens with zero attached hydrogens (tertiary/aromatic N) is 3. The first-order chi connectivity index (χ1) is 9.47. The van der Waals surface area contributed by atoms with Crippen molar-refractivity contribution in [2.75, 3.05) is 39.3 Å². The van der Waals surface area contributed by atoms with Gasteiger partial charge in [0.1, 0.15) is 6.54 Å². The summed E-state index contributed by atoms with van der Waals surface area (Å²) in [6.45, 7) is 1.33. The quantitative estimate of drug-likeness (QED) is 0.593. The minimum Gasteiger partial charge on any atom is -0.480 e. The van der Waals surface area contributed by atoms with Crippen LogP contribution in [-0.4, -0.2) is 82.8 Å². The van der Waals surface area contributed by atoms with Crippen LogP contribution in [0.2, 0.25) is 0 Å². The molecule has 0 spiro atoms. The van der Waals surface area contributed by atoms with Crippen LogP contribution >= 0.6 is 0 Å². The number of imide groups is 1. The molecule has 0 aliphatic carbocycles. The highest BCUT2D eigenvalue weighted by molar-refractivity contribution is 6.12. The molecule has 0 saturated carbocycles. The molecule has 0 atom stereocenters. The largest absolute Gasteiger partial charge is 0.480 e. The lowest BCUT2D eigenvalue weighted by Crippen LogP contribution is -2.53. The average Bonchev–Trinajstić information content (AvgIpc) is 2.69. The van der Waals surface area contributed by atoms with Gasteiger partial charge in [-0.25, -0.2) is 0 Å². The Kier molecular flexibility index (Phi) is 4.14. The lowest BCUT2D eigenvalue weighted by atomic mass is 10.3. The predicted molar refractivity (Wildman–Crippen MR) is 66.5 cm³/mol. The molecule has 1 fully saturated rings. The van der Waals surface area contributed by atoms with E-state index < -0.39 is 5.97 Å². The summed E-state index contributed by atoms with van der Waals surface area (Å²) < 4.78 is 0. The summed E-state index contributed by atoms with van der Waals surface area (Å²) in [5.74, 6) is -1.97. The number of amides is 3. The Bertz CT molecular complexity index is 469. The zero-order valence-electron chi connectivity index (χ0n) is 10.8. The Morgan fingerprint density at radius 3 is 2.30 bits per heavy atom. The van der Waals surface area contributed by atoms with Gasteiger partial charge in [0.05, 0.1) is 6.54 Å². The minimum absolute atomic E-state index is 0.108. The van der Waals surface area contributed by atoms with Gasteiger partial charge in [0.15, 0.2) is 0 Å². The van der Waals surface area contributed by atoms with Gasteiger partial charge in [0, 0.05) is 38.3 Å². The van der Waals surface area contributed by atoms with E-state index in [1.807, 2.05) is 0 Å². The molecule has 8 nitrogen and oxygen atoms in total. The number of hydrogen-bond acceptors (Lipinski definition) is 5. The molecule has 8 heteroatoms. The third-order valence-electron chi connectivity index (χ3n) is 3.26. The lowest BCUT2D eigenvalue weighted by molar-refractivity contribution is -0.147. The van der Waals surface area contributed by atoms with Crippen LogP contribution in [0.5, 0.6) is 0 Å². The standard InChI is InChI=1S/C12H15N3O5/c16-9-1-2-10(17)15(9)6-4-13-3-5-14(8-12(19)20)11(18)7-13/h1-2H,3-8H2,(H,19,20). The summed E-state index contributed by atoms with van der Waals surface area (Å²) >= 11 is 0. The van der Waals surface area contributed by atoms with Crippen molar-refractivity contribution in [1.82, 2.24) is 14.7 Å². The van der Waals surface area contributed by atoms with Crippen molar-refractivity contribution in [2.24, 2.45) is 0 Å². The highest BCUT2D eigenvalue weighted by Crippen LogP contribution is 2.06. The van der Waals surface area contributed by atoms with Gasteiger partial charge in [-0.2, -0.15) is 0 Å². The number of rotatable bonds is 5. The van der Waals surface area contributed by atoms with Gasteiger partial charge in [0.25, 0.3) is 11.8 Å². The molecule has 3 amide bonds. The van der Waals surface area contributed by atoms with Crippen molar-refractivity contribution in [2.45, 2.75) is 0 Å². The van der Waals surface area contributed by atoms with E-state index >= 15 is 0 Å². The zero-order valence-corrected chi connectivity index (χ0v) is 10.8. The van der Waals surface area contributed by atoms with E-state index in [9.17, 15) is 19.2 Å². The number of carbonyl (C=O) groups excluding carboxylic acids is 3. The van der Waals surface area contributed by atoms with Crippen molar-refractivity contribution in [1.29, 1.82) is 0 Å². The van der Waals surface area contributed by atoms with Gasteiger partial charge in [-0.1, -0.05) is 0 Å². The molecule has 1 saturated heterocycles. The van der Waals surface area contributed by atoms with E-state index in [1.165, 1.54) is 17.1 Å². The number of carboxylic acid groups (broad SMARTS) is 1. The number of hydrogen-bond donors (Lipinski definition) is 1. The number of aliphatic carboxylic acids is 1. The van der Waals surface area contributed by atoms with Crippen LogP contribution in [0.1, 0.15) is 0 Å². The van der Waals surface area contributed by atoms with Gasteiger partial charge in [-0.05, 0) is 0 Å². The molecular formula is C12H15N3O5. The number of piperazine rings is 1. The molecule has 0 radical (unpaired) electrons. The summed E-state index contributed by atoms with van der Waals surface area (Å²) in [4.78, 5) is 49.2. The van der Waals surface area contributed by atoms with Gasteiger partial charge in [-0.3, -0.25) is 29.0 Å². The Labute approximate surface area is 115 Å². The maximum Gasteiger partial charge on any atom is 0.323 e. The van der Waals surface area contributed by atoms with E-state index in [-0.39, 0.29) is 37.4 Å². The number of carbonyl (C=O) groups is 4. The molecule has 2 heterocycles. The fraction of sp³-hybridized carbons (Fsp3) is 0.500. The summed E-state index contributed by atoms with van der Waals surface area (Å²) in [6, 6.07) is 0. The second-order valence-electron chi connectivity index (χ2n) is 4.65. The van der Waals surface area contributed by atoms with Gasteiger partial charge < -0.3 is 10.0 Å². The molecule has 0 aromatic heterocycles. The molecule has 0 aromatic carbocycles. The second-order valence-corrected chi connectivity index (χ2v) is 4.65. The van der Waals surface area contributed by atoms with Crippen LogP contribution in [0.25, 0.3) is 0 Å². The molecular weight excluding hydrogens is 266 g/mol. The van der Waals surface area contributed by atoms with Gasteiger partial charge in [0.2, 0.25) is 5.91 Å². The molecule has 0 bridgehead atoms. The summed E-state index contributed by atoms with van der Waals surface area (Å²) in [7, 11) is 0. The topological polar surface area (TPSA) is 98.2 Å². The lowest BCUT2D eigenvalue weighted by Gasteiger charge is -2.33. The highest BCUT2D eigenvalue weighted by atomic mass is 16.4. The van der Waals surface area contributed by atoms with Crippen LogP contribution in [0.3, 0.4) is 0 Å². The van der Waals surface area contributed by atoms with Crippen molar-refractivity contribution in [3.63, 3.8) is 0 Å². The second kappa shape index (κ2) is 5.83. The van der Waals surface area contributed by atoms with Crippen LogP contribution in [0.15, 0.2) is 12.2 Å². The SMILES string of the molecule is O=C(O)CN1CCN(CCN2C(=O)C=CC2=O)CC1=O. The minimum atomic E-state index is -1.04. The van der Waals surface area contributed by atoms with Gasteiger partial charge >= 0.3 is 5.97 Å². The van der Waals surface area contributed by atoms with Crippen LogP contribution in [-0.2, 0) is 19.2 Å². The summed E-state index contributed by atoms with van der Waals surface area (Å²) in [5.41, 5.74) is 0. The molecule has 2 rings (SSSR count). The van der Waals surface area contributed by atoms with E-state index in [1.54, 1.807) is 4.90 Å². The first kappa shape index (κ1) is 14.2. The molecule has 0 unspecified atom stereocenters. The Hall–Kier alpha value is -2.22. The summed E-state index contributed by atoms with van der Waals surface area (Å²) in [6.07, 6.45) is 2.44. The maximum absolute atomic E-state index is 11.7. The third kappa shape index (κ3) is 3.21. The monoisotopic (exact) mass is 281 g/mol. The fourth-order valence-electron chi connectivity index (χ4n) is 2.17. The smallest absolute Gasteiger partial charge is 0.323 e. The van der Waals surface area contributed by atoms with E-state index in [0.29, 0.717) is 19.6 Å². The van der Waals surface area contributed by atoms with Crippen molar-refractivity contribution >= 4 is 23.7 Å². The van der Waals surface area contributed by atoms with Crippen molar-refractivity contribution in [3.05, 3.63) is 12.2 Å². The Morgan fingerprint density at radius 2 is 1.75 bits per heavy atom. The first-order valence-corrected chi connectivity index (χ1v) is 6.23. The van der Waals surface area contributed by atoms with Crippen LogP contribution in [0.4, 0.5) is 0 Å². The van der Waals surface area contributed by atoms with Gasteiger partial charge in [-0.15, -0.1) is 0 Å². The molecule has 20 heavy (non-hydrogen) atoms. The third-order valence-corrected chi connectivity index (χ3v) is 3.26. The fourth-order valence-corrected chi connectivity index (χ4v) is 2.17. The van der Waals surface area contributed by atoms with Crippen LogP contribution in [0, 0.1) is 0 Å². The van der Waals surface area contributed by atoms with E-state index in [2.05, 4.69) is 0 Å².